The van der Waals surface area contributed by atoms with Crippen LogP contribution < -0.4 is 0 Å². The van der Waals surface area contributed by atoms with E-state index in [2.05, 4.69) is 41.5 Å². The largest absolute Gasteiger partial charge is 0.472 e. The number of rotatable bonds is 60. The molecule has 0 saturated heterocycles. The Morgan fingerprint density at radius 2 is 0.575 bits per heavy atom. The third-order valence-corrected chi connectivity index (χ3v) is 15.9. The summed E-state index contributed by atoms with van der Waals surface area (Å²) in [5.74, 6) is -0.663. The van der Waals surface area contributed by atoms with Crippen molar-refractivity contribution in [3.63, 3.8) is 0 Å². The van der Waals surface area contributed by atoms with Crippen LogP contribution in [0.1, 0.15) is 298 Å². The van der Waals surface area contributed by atoms with Crippen LogP contribution in [0.15, 0.2) is 0 Å². The third kappa shape index (κ3) is 55.3. The SMILES string of the molecule is CCCCCCCCCCC(=O)OC[C@H](COP(=O)(O)OC[C@H](O)COP(=O)(O)OC[C@@H](COC(=O)CCCCCCCCCCCC(C)C)OC(=O)CCCCCCCCCCCC(C)C)OC(=O)CCCCCCCCCC. The quantitative estimate of drug-likeness (QED) is 0.0222. The molecule has 0 aliphatic heterocycles. The van der Waals surface area contributed by atoms with Crippen LogP contribution in [0.4, 0.5) is 0 Å². The van der Waals surface area contributed by atoms with Gasteiger partial charge in [-0.2, -0.15) is 0 Å². The van der Waals surface area contributed by atoms with Gasteiger partial charge >= 0.3 is 39.5 Å². The number of phosphoric ester groups is 2. The monoisotopic (exact) mass is 1180 g/mol. The molecule has 5 atom stereocenters. The van der Waals surface area contributed by atoms with Crippen molar-refractivity contribution in [2.75, 3.05) is 39.6 Å². The third-order valence-electron chi connectivity index (χ3n) is 14.0. The first-order valence-electron chi connectivity index (χ1n) is 32.0. The van der Waals surface area contributed by atoms with Crippen molar-refractivity contribution >= 4 is 39.5 Å². The Hall–Kier alpha value is -1.94. The molecule has 474 valence electrons. The molecule has 0 rings (SSSR count). The van der Waals surface area contributed by atoms with E-state index in [1.807, 2.05) is 0 Å². The molecule has 0 spiro atoms. The van der Waals surface area contributed by atoms with Crippen molar-refractivity contribution in [1.29, 1.82) is 0 Å². The average Bonchev–Trinajstić information content (AvgIpc) is 3.41. The summed E-state index contributed by atoms with van der Waals surface area (Å²) in [6, 6.07) is 0. The molecule has 17 nitrogen and oxygen atoms in total. The Bertz CT molecular complexity index is 1580. The Balaban J connectivity index is 5.22. The van der Waals surface area contributed by atoms with E-state index in [-0.39, 0.29) is 25.7 Å². The van der Waals surface area contributed by atoms with Gasteiger partial charge in [0.15, 0.2) is 12.2 Å². The van der Waals surface area contributed by atoms with Crippen molar-refractivity contribution in [2.45, 2.75) is 317 Å². The molecule has 0 radical (unpaired) electrons. The fraction of sp³-hybridized carbons (Fsp3) is 0.934. The van der Waals surface area contributed by atoms with Crippen LogP contribution in [-0.2, 0) is 65.4 Å². The molecule has 0 aromatic carbocycles. The summed E-state index contributed by atoms with van der Waals surface area (Å²) >= 11 is 0. The maximum atomic E-state index is 12.9. The number of aliphatic hydroxyl groups is 1. The van der Waals surface area contributed by atoms with E-state index in [0.717, 1.165) is 115 Å². The number of hydrogen-bond acceptors (Lipinski definition) is 15. The molecule has 0 aliphatic carbocycles. The highest BCUT2D eigenvalue weighted by atomic mass is 31.2. The summed E-state index contributed by atoms with van der Waals surface area (Å²) in [5.41, 5.74) is 0. The number of esters is 4. The van der Waals surface area contributed by atoms with Crippen LogP contribution in [0.25, 0.3) is 0 Å². The van der Waals surface area contributed by atoms with E-state index in [9.17, 15) is 43.2 Å². The number of carbonyl (C=O) groups excluding carboxylic acids is 4. The standard InChI is InChI=1S/C61H118O17P2/c1-7-9-11-13-15-25-31-37-43-58(63)71-49-56(77-60(65)45-39-33-26-16-14-12-10-8-2)51-75-79(67,68)73-47-55(62)48-74-80(69,70)76-52-57(78-61(66)46-40-34-28-22-18-20-24-30-36-42-54(5)6)50-72-59(64)44-38-32-27-21-17-19-23-29-35-41-53(3)4/h53-57,62H,7-52H2,1-6H3,(H,67,68)(H,69,70)/t55-,56+,57+/m0/s1. The highest BCUT2D eigenvalue weighted by Gasteiger charge is 2.30. The molecule has 0 aromatic rings. The Morgan fingerprint density at radius 3 is 0.850 bits per heavy atom. The lowest BCUT2D eigenvalue weighted by Gasteiger charge is -2.21. The number of carbonyl (C=O) groups is 4. The lowest BCUT2D eigenvalue weighted by atomic mass is 10.0. The summed E-state index contributed by atoms with van der Waals surface area (Å²) < 4.78 is 67.7. The van der Waals surface area contributed by atoms with Crippen LogP contribution >= 0.6 is 15.6 Å². The minimum absolute atomic E-state index is 0.104. The van der Waals surface area contributed by atoms with Gasteiger partial charge in [-0.3, -0.25) is 37.3 Å². The molecule has 2 unspecified atom stereocenters. The smallest absolute Gasteiger partial charge is 0.462 e. The molecule has 3 N–H and O–H groups in total. The molecule has 19 heteroatoms. The number of phosphoric acid groups is 2. The highest BCUT2D eigenvalue weighted by molar-refractivity contribution is 7.47. The molecule has 80 heavy (non-hydrogen) atoms. The summed E-state index contributed by atoms with van der Waals surface area (Å²) in [4.78, 5) is 71.9. The lowest BCUT2D eigenvalue weighted by molar-refractivity contribution is -0.161. The van der Waals surface area contributed by atoms with Gasteiger partial charge in [0.1, 0.15) is 19.3 Å². The fourth-order valence-electron chi connectivity index (χ4n) is 9.00. The minimum Gasteiger partial charge on any atom is -0.462 e. The molecular weight excluding hydrogens is 1070 g/mol. The Labute approximate surface area is 486 Å². The molecule has 0 saturated carbocycles. The van der Waals surface area contributed by atoms with Gasteiger partial charge in [-0.05, 0) is 37.5 Å². The van der Waals surface area contributed by atoms with E-state index < -0.39 is 97.5 Å². The topological polar surface area (TPSA) is 237 Å². The fourth-order valence-corrected chi connectivity index (χ4v) is 10.6. The molecule has 0 aromatic heterocycles. The van der Waals surface area contributed by atoms with Gasteiger partial charge in [0.05, 0.1) is 26.4 Å². The van der Waals surface area contributed by atoms with E-state index in [0.29, 0.717) is 25.7 Å². The first-order valence-corrected chi connectivity index (χ1v) is 35.0. The molecule has 0 fully saturated rings. The van der Waals surface area contributed by atoms with Crippen molar-refractivity contribution < 1.29 is 80.2 Å². The zero-order chi connectivity index (χ0) is 59.4. The van der Waals surface area contributed by atoms with Gasteiger partial charge in [0.25, 0.3) is 0 Å². The Morgan fingerprint density at radius 1 is 0.338 bits per heavy atom. The summed E-state index contributed by atoms with van der Waals surface area (Å²) in [5, 5.41) is 10.5. The van der Waals surface area contributed by atoms with Crippen LogP contribution in [0.2, 0.25) is 0 Å². The summed E-state index contributed by atoms with van der Waals surface area (Å²) in [6.07, 6.45) is 34.9. The predicted octanol–water partition coefficient (Wildman–Crippen LogP) is 16.5. The van der Waals surface area contributed by atoms with Crippen LogP contribution in [-0.4, -0.2) is 96.7 Å². The molecule has 0 bridgehead atoms. The molecular formula is C61H118O17P2. The van der Waals surface area contributed by atoms with Crippen molar-refractivity contribution in [2.24, 2.45) is 11.8 Å². The normalized spacial score (nSPS) is 14.4. The van der Waals surface area contributed by atoms with Gasteiger partial charge in [-0.1, -0.05) is 247 Å². The maximum absolute atomic E-state index is 12.9. The first-order chi connectivity index (χ1) is 38.4. The molecule has 0 heterocycles. The summed E-state index contributed by atoms with van der Waals surface area (Å²) in [6.45, 7) is 9.37. The highest BCUT2D eigenvalue weighted by Crippen LogP contribution is 2.45. The first kappa shape index (κ1) is 78.1. The lowest BCUT2D eigenvalue weighted by Crippen LogP contribution is -2.30. The van der Waals surface area contributed by atoms with Crippen molar-refractivity contribution in [1.82, 2.24) is 0 Å². The molecule has 0 aliphatic rings. The van der Waals surface area contributed by atoms with Gasteiger partial charge in [0, 0.05) is 25.7 Å². The van der Waals surface area contributed by atoms with Gasteiger partial charge < -0.3 is 33.8 Å². The van der Waals surface area contributed by atoms with Gasteiger partial charge in [0.2, 0.25) is 0 Å². The van der Waals surface area contributed by atoms with Crippen LogP contribution in [0.5, 0.6) is 0 Å². The molecule has 0 amide bonds. The van der Waals surface area contributed by atoms with E-state index >= 15 is 0 Å². The zero-order valence-corrected chi connectivity index (χ0v) is 53.2. The number of unbranched alkanes of at least 4 members (excludes halogenated alkanes) is 30. The van der Waals surface area contributed by atoms with E-state index in [1.165, 1.54) is 103 Å². The second-order valence-electron chi connectivity index (χ2n) is 23.0. The van der Waals surface area contributed by atoms with Crippen LogP contribution in [0, 0.1) is 11.8 Å². The number of hydrogen-bond donors (Lipinski definition) is 3. The zero-order valence-electron chi connectivity index (χ0n) is 51.4. The minimum atomic E-state index is -4.94. The summed E-state index contributed by atoms with van der Waals surface area (Å²) in [7, 11) is -9.87. The van der Waals surface area contributed by atoms with Gasteiger partial charge in [-0.25, -0.2) is 9.13 Å². The second kappa shape index (κ2) is 53.8. The van der Waals surface area contributed by atoms with E-state index in [4.69, 9.17) is 37.0 Å². The van der Waals surface area contributed by atoms with Crippen LogP contribution in [0.3, 0.4) is 0 Å². The maximum Gasteiger partial charge on any atom is 0.472 e. The predicted molar refractivity (Wildman–Crippen MR) is 317 cm³/mol. The number of ether oxygens (including phenoxy) is 4. The number of aliphatic hydroxyl groups excluding tert-OH is 1. The van der Waals surface area contributed by atoms with E-state index in [1.54, 1.807) is 0 Å². The van der Waals surface area contributed by atoms with Crippen molar-refractivity contribution in [3.8, 4) is 0 Å². The second-order valence-corrected chi connectivity index (χ2v) is 25.9. The Kier molecular flexibility index (Phi) is 52.5. The van der Waals surface area contributed by atoms with Gasteiger partial charge in [-0.15, -0.1) is 0 Å². The average molecular weight is 1190 g/mol. The van der Waals surface area contributed by atoms with Crippen molar-refractivity contribution in [3.05, 3.63) is 0 Å².